The normalized spacial score (nSPS) is 14.7. The van der Waals surface area contributed by atoms with Gasteiger partial charge >= 0.3 is 0 Å². The largest absolute Gasteiger partial charge is 0.309 e. The summed E-state index contributed by atoms with van der Waals surface area (Å²) in [4.78, 5) is 1.87. The summed E-state index contributed by atoms with van der Waals surface area (Å²) >= 11 is 0. The van der Waals surface area contributed by atoms with Crippen molar-refractivity contribution < 1.29 is 9.60 Å². The average molecular weight is 669 g/mol. The Bertz CT molecular complexity index is 3080. The Morgan fingerprint density at radius 1 is 0.404 bits per heavy atom. The fraction of sp³-hybridized carbons (Fsp3) is 0.0196. The maximum atomic E-state index is 9.59. The van der Waals surface area contributed by atoms with Crippen LogP contribution in [0.1, 0.15) is 31.8 Å². The van der Waals surface area contributed by atoms with Crippen molar-refractivity contribution >= 4 is 38.6 Å². The summed E-state index contributed by atoms with van der Waals surface area (Å²) < 4.78 is 63.2. The molecular weight excluding hydrogens is 627 g/mol. The summed E-state index contributed by atoms with van der Waals surface area (Å²) in [7, 11) is 0. The van der Waals surface area contributed by atoms with Crippen molar-refractivity contribution in [3.05, 3.63) is 234 Å². The smallest absolute Gasteiger partial charge is 0.0714 e. The molecule has 0 heterocycles. The lowest BCUT2D eigenvalue weighted by atomic mass is 9.68. The minimum atomic E-state index is -0.741. The van der Waals surface area contributed by atoms with E-state index in [9.17, 15) is 2.74 Å². The molecule has 52 heavy (non-hydrogen) atoms. The number of fused-ring (bicyclic) bond motifs is 5. The van der Waals surface area contributed by atoms with E-state index in [-0.39, 0.29) is 28.5 Å². The standard InChI is InChI=1S/C51H35N/c1-3-20-39(21-4-1)51(40-22-5-2-6-23-40)46-28-12-11-26-45(46)50-47(51)29-15-31-49(50)52(48-30-14-19-37-17-8-10-25-44(37)48)41-34-32-38(33-35-41)43-27-13-18-36-16-7-9-24-42(36)43/h1-35H/i8D,10D,14D,17D,19D,25D,30D. The highest BCUT2D eigenvalue weighted by atomic mass is 15.1. The molecule has 0 spiro atoms. The first-order chi connectivity index (χ1) is 28.7. The zero-order valence-corrected chi connectivity index (χ0v) is 28.1. The van der Waals surface area contributed by atoms with E-state index in [1.54, 1.807) is 0 Å². The number of anilines is 3. The third-order valence-electron chi connectivity index (χ3n) is 10.4. The van der Waals surface area contributed by atoms with Gasteiger partial charge in [0.2, 0.25) is 0 Å². The summed E-state index contributed by atoms with van der Waals surface area (Å²) in [5, 5.41) is 2.14. The summed E-state index contributed by atoms with van der Waals surface area (Å²) in [6, 6.07) is 54.9. The second kappa shape index (κ2) is 12.3. The van der Waals surface area contributed by atoms with Crippen LogP contribution >= 0.6 is 0 Å². The Morgan fingerprint density at radius 2 is 1.02 bits per heavy atom. The molecule has 1 aliphatic carbocycles. The molecule has 0 N–H and O–H groups in total. The van der Waals surface area contributed by atoms with Gasteiger partial charge in [0, 0.05) is 16.6 Å². The van der Waals surface area contributed by atoms with Crippen molar-refractivity contribution in [3.63, 3.8) is 0 Å². The Labute approximate surface area is 314 Å². The van der Waals surface area contributed by atoms with Gasteiger partial charge in [0.1, 0.15) is 0 Å². The molecule has 10 rings (SSSR count). The highest BCUT2D eigenvalue weighted by Gasteiger charge is 2.47. The zero-order valence-electron chi connectivity index (χ0n) is 35.1. The predicted octanol–water partition coefficient (Wildman–Crippen LogP) is 13.5. The average Bonchev–Trinajstić information content (AvgIpc) is 3.60. The van der Waals surface area contributed by atoms with Crippen LogP contribution in [0, 0.1) is 0 Å². The van der Waals surface area contributed by atoms with Gasteiger partial charge in [-0.1, -0.05) is 188 Å². The highest BCUT2D eigenvalue weighted by Crippen LogP contribution is 2.59. The third kappa shape index (κ3) is 4.56. The van der Waals surface area contributed by atoms with Gasteiger partial charge in [-0.25, -0.2) is 0 Å². The second-order valence-electron chi connectivity index (χ2n) is 13.1. The van der Waals surface area contributed by atoms with Gasteiger partial charge in [-0.15, -0.1) is 0 Å². The van der Waals surface area contributed by atoms with E-state index in [1.807, 2.05) is 77.7 Å². The zero-order chi connectivity index (χ0) is 40.6. The maximum Gasteiger partial charge on any atom is 0.0714 e. The van der Waals surface area contributed by atoms with Gasteiger partial charge in [-0.3, -0.25) is 0 Å². The number of benzene rings is 9. The molecule has 0 aromatic heterocycles. The number of hydrogen-bond acceptors (Lipinski definition) is 1. The van der Waals surface area contributed by atoms with Gasteiger partial charge in [-0.05, 0) is 79.3 Å². The Kier molecular flexibility index (Phi) is 5.58. The van der Waals surface area contributed by atoms with Gasteiger partial charge in [0.25, 0.3) is 0 Å². The van der Waals surface area contributed by atoms with Crippen molar-refractivity contribution in [2.75, 3.05) is 4.90 Å². The van der Waals surface area contributed by atoms with E-state index in [1.165, 1.54) is 0 Å². The molecule has 0 radical (unpaired) electrons. The molecule has 0 saturated heterocycles. The Hall–Kier alpha value is -6.70. The first kappa shape index (κ1) is 23.7. The quantitative estimate of drug-likeness (QED) is 0.170. The third-order valence-corrected chi connectivity index (χ3v) is 10.4. The summed E-state index contributed by atoms with van der Waals surface area (Å²) in [5.74, 6) is 0. The lowest BCUT2D eigenvalue weighted by molar-refractivity contribution is 0.768. The van der Waals surface area contributed by atoms with Crippen molar-refractivity contribution in [2.45, 2.75) is 5.41 Å². The SMILES string of the molecule is [2H]c1c([2H])c([2H])c2c(N(c3ccc(-c4cccc5ccccc45)cc3)c3cccc4c3-c3ccccc3C4(c3ccccc3)c3ccccc3)c([2H])c([2H])c([2H])c2c1[2H]. The molecule has 1 aliphatic rings. The molecule has 0 amide bonds. The molecule has 0 bridgehead atoms. The highest BCUT2D eigenvalue weighted by molar-refractivity contribution is 6.04. The van der Waals surface area contributed by atoms with E-state index < -0.39 is 35.6 Å². The lowest BCUT2D eigenvalue weighted by Crippen LogP contribution is -2.28. The summed E-state index contributed by atoms with van der Waals surface area (Å²) in [6.45, 7) is 0. The van der Waals surface area contributed by atoms with Gasteiger partial charge in [-0.2, -0.15) is 0 Å². The van der Waals surface area contributed by atoms with Crippen LogP contribution in [-0.2, 0) is 5.41 Å². The van der Waals surface area contributed by atoms with Crippen LogP contribution in [0.4, 0.5) is 17.1 Å². The van der Waals surface area contributed by atoms with Crippen LogP contribution in [0.15, 0.2) is 212 Å². The van der Waals surface area contributed by atoms with Gasteiger partial charge in [0.05, 0.1) is 26.4 Å². The summed E-state index contributed by atoms with van der Waals surface area (Å²) in [6.07, 6.45) is 0. The van der Waals surface area contributed by atoms with E-state index in [2.05, 4.69) is 97.1 Å². The maximum absolute atomic E-state index is 9.59. The van der Waals surface area contributed by atoms with Gasteiger partial charge < -0.3 is 4.90 Å². The summed E-state index contributed by atoms with van der Waals surface area (Å²) in [5.41, 5.74) is 8.79. The van der Waals surface area contributed by atoms with Crippen molar-refractivity contribution in [3.8, 4) is 22.3 Å². The predicted molar refractivity (Wildman–Crippen MR) is 219 cm³/mol. The van der Waals surface area contributed by atoms with Crippen LogP contribution in [0.2, 0.25) is 0 Å². The van der Waals surface area contributed by atoms with Crippen LogP contribution in [0.25, 0.3) is 43.8 Å². The Balaban J connectivity index is 1.33. The fourth-order valence-corrected chi connectivity index (χ4v) is 8.28. The van der Waals surface area contributed by atoms with Gasteiger partial charge in [0.15, 0.2) is 0 Å². The molecule has 0 fully saturated rings. The van der Waals surface area contributed by atoms with E-state index in [0.717, 1.165) is 55.3 Å². The molecule has 9 aromatic carbocycles. The molecule has 9 aromatic rings. The molecule has 1 nitrogen and oxygen atoms in total. The molecular formula is C51H35N. The van der Waals surface area contributed by atoms with E-state index in [4.69, 9.17) is 6.85 Å². The van der Waals surface area contributed by atoms with Crippen LogP contribution in [0.5, 0.6) is 0 Å². The van der Waals surface area contributed by atoms with Crippen molar-refractivity contribution in [2.24, 2.45) is 0 Å². The monoisotopic (exact) mass is 668 g/mol. The second-order valence-corrected chi connectivity index (χ2v) is 13.1. The Morgan fingerprint density at radius 3 is 1.83 bits per heavy atom. The lowest BCUT2D eigenvalue weighted by Gasteiger charge is -2.34. The van der Waals surface area contributed by atoms with E-state index >= 15 is 0 Å². The number of hydrogen-bond donors (Lipinski definition) is 0. The van der Waals surface area contributed by atoms with Crippen LogP contribution in [-0.4, -0.2) is 0 Å². The fourth-order valence-electron chi connectivity index (χ4n) is 8.28. The van der Waals surface area contributed by atoms with Crippen LogP contribution in [0.3, 0.4) is 0 Å². The number of rotatable bonds is 6. The minimum Gasteiger partial charge on any atom is -0.309 e. The molecule has 0 saturated carbocycles. The van der Waals surface area contributed by atoms with Crippen LogP contribution < -0.4 is 4.90 Å². The molecule has 1 heteroatoms. The molecule has 0 aliphatic heterocycles. The number of nitrogens with zero attached hydrogens (tertiary/aromatic N) is 1. The van der Waals surface area contributed by atoms with Crippen molar-refractivity contribution in [1.29, 1.82) is 0 Å². The topological polar surface area (TPSA) is 3.24 Å². The van der Waals surface area contributed by atoms with Crippen molar-refractivity contribution in [1.82, 2.24) is 0 Å². The molecule has 0 unspecified atom stereocenters. The first-order valence-corrected chi connectivity index (χ1v) is 17.5. The molecule has 244 valence electrons. The minimum absolute atomic E-state index is 0.0152. The first-order valence-electron chi connectivity index (χ1n) is 21.0. The van der Waals surface area contributed by atoms with E-state index in [0.29, 0.717) is 11.4 Å². The molecule has 0 atom stereocenters.